The molecule has 25 heavy (non-hydrogen) atoms. The van der Waals surface area contributed by atoms with E-state index >= 15 is 0 Å². The number of nitrogens with zero attached hydrogens (tertiary/aromatic N) is 4. The summed E-state index contributed by atoms with van der Waals surface area (Å²) in [4.78, 5) is 8.89. The van der Waals surface area contributed by atoms with Gasteiger partial charge in [-0.3, -0.25) is 4.99 Å². The lowest BCUT2D eigenvalue weighted by Crippen LogP contribution is -2.31. The molecule has 0 fully saturated rings. The van der Waals surface area contributed by atoms with E-state index in [2.05, 4.69) is 20.2 Å². The quantitative estimate of drug-likeness (QED) is 0.679. The fourth-order valence-electron chi connectivity index (χ4n) is 3.01. The van der Waals surface area contributed by atoms with Crippen molar-refractivity contribution in [2.24, 2.45) is 4.99 Å². The maximum absolute atomic E-state index is 14.3. The molecule has 2 heterocycles. The topological polar surface area (TPSA) is 51.0 Å². The summed E-state index contributed by atoms with van der Waals surface area (Å²) in [5.74, 6) is -2.28. The maximum Gasteiger partial charge on any atom is 0.201 e. The van der Waals surface area contributed by atoms with Crippen LogP contribution in [0.1, 0.15) is 30.8 Å². The van der Waals surface area contributed by atoms with Gasteiger partial charge in [-0.1, -0.05) is 12.1 Å². The van der Waals surface area contributed by atoms with Crippen LogP contribution in [0, 0.1) is 17.5 Å². The summed E-state index contributed by atoms with van der Waals surface area (Å²) < 4.78 is 41.4. The molecule has 0 N–H and O–H groups in total. The SMILES string of the molecule is CC1(C)Cc2c(F)cccc2C(c2nnc3c(F)c(F)ccc3n2)=N1. The van der Waals surface area contributed by atoms with Crippen LogP contribution in [-0.2, 0) is 6.42 Å². The van der Waals surface area contributed by atoms with Crippen molar-refractivity contribution in [1.82, 2.24) is 15.2 Å². The van der Waals surface area contributed by atoms with Gasteiger partial charge in [0, 0.05) is 12.0 Å². The molecule has 0 bridgehead atoms. The fraction of sp³-hybridized carbons (Fsp3) is 0.222. The highest BCUT2D eigenvalue weighted by Crippen LogP contribution is 2.30. The number of hydrogen-bond donors (Lipinski definition) is 0. The average molecular weight is 342 g/mol. The minimum atomic E-state index is -1.10. The molecule has 0 radical (unpaired) electrons. The van der Waals surface area contributed by atoms with Crippen LogP contribution in [0.5, 0.6) is 0 Å². The van der Waals surface area contributed by atoms with Gasteiger partial charge < -0.3 is 0 Å². The zero-order valence-electron chi connectivity index (χ0n) is 13.5. The summed E-state index contributed by atoms with van der Waals surface area (Å²) >= 11 is 0. The van der Waals surface area contributed by atoms with Crippen LogP contribution < -0.4 is 0 Å². The van der Waals surface area contributed by atoms with E-state index in [1.54, 1.807) is 12.1 Å². The Bertz CT molecular complexity index is 1040. The van der Waals surface area contributed by atoms with E-state index in [-0.39, 0.29) is 22.7 Å². The summed E-state index contributed by atoms with van der Waals surface area (Å²) in [5.41, 5.74) is 0.878. The summed E-state index contributed by atoms with van der Waals surface area (Å²) in [6.45, 7) is 3.76. The van der Waals surface area contributed by atoms with E-state index in [0.29, 0.717) is 23.3 Å². The van der Waals surface area contributed by atoms with Gasteiger partial charge in [-0.2, -0.15) is 0 Å². The van der Waals surface area contributed by atoms with E-state index in [9.17, 15) is 13.2 Å². The first-order chi connectivity index (χ1) is 11.9. The number of benzene rings is 2. The van der Waals surface area contributed by atoms with Gasteiger partial charge in [-0.25, -0.2) is 18.2 Å². The number of rotatable bonds is 1. The van der Waals surface area contributed by atoms with Crippen LogP contribution in [-0.4, -0.2) is 26.4 Å². The fourth-order valence-corrected chi connectivity index (χ4v) is 3.01. The van der Waals surface area contributed by atoms with Crippen LogP contribution >= 0.6 is 0 Å². The molecule has 0 aliphatic carbocycles. The highest BCUT2D eigenvalue weighted by atomic mass is 19.2. The minimum absolute atomic E-state index is 0.151. The van der Waals surface area contributed by atoms with Gasteiger partial charge in [0.05, 0.1) is 11.1 Å². The highest BCUT2D eigenvalue weighted by Gasteiger charge is 2.31. The normalized spacial score (nSPS) is 15.8. The molecular weight excluding hydrogens is 329 g/mol. The first-order valence-electron chi connectivity index (χ1n) is 7.72. The van der Waals surface area contributed by atoms with Crippen LogP contribution in [0.15, 0.2) is 35.3 Å². The summed E-state index contributed by atoms with van der Waals surface area (Å²) in [7, 11) is 0. The van der Waals surface area contributed by atoms with Crippen molar-refractivity contribution in [1.29, 1.82) is 0 Å². The van der Waals surface area contributed by atoms with Crippen LogP contribution in [0.2, 0.25) is 0 Å². The molecule has 0 spiro atoms. The van der Waals surface area contributed by atoms with Gasteiger partial charge in [0.25, 0.3) is 0 Å². The molecule has 0 amide bonds. The lowest BCUT2D eigenvalue weighted by molar-refractivity contribution is 0.492. The zero-order chi connectivity index (χ0) is 17.8. The van der Waals surface area contributed by atoms with Crippen molar-refractivity contribution in [3.05, 3.63) is 64.7 Å². The third-order valence-corrected chi connectivity index (χ3v) is 4.13. The predicted octanol–water partition coefficient (Wildman–Crippen LogP) is 3.61. The minimum Gasteiger partial charge on any atom is -0.274 e. The van der Waals surface area contributed by atoms with Crippen LogP contribution in [0.4, 0.5) is 13.2 Å². The Kier molecular flexibility index (Phi) is 3.35. The second-order valence-corrected chi connectivity index (χ2v) is 6.58. The second-order valence-electron chi connectivity index (χ2n) is 6.58. The molecule has 2 aromatic carbocycles. The summed E-state index contributed by atoms with van der Waals surface area (Å²) in [5, 5.41) is 7.66. The smallest absolute Gasteiger partial charge is 0.201 e. The molecule has 0 atom stereocenters. The lowest BCUT2D eigenvalue weighted by atomic mass is 9.86. The van der Waals surface area contributed by atoms with Crippen molar-refractivity contribution in [2.75, 3.05) is 0 Å². The number of aliphatic imine (C=N–C) groups is 1. The van der Waals surface area contributed by atoms with E-state index in [1.165, 1.54) is 12.1 Å². The van der Waals surface area contributed by atoms with Gasteiger partial charge in [0.15, 0.2) is 17.2 Å². The number of fused-ring (bicyclic) bond motifs is 2. The van der Waals surface area contributed by atoms with Crippen molar-refractivity contribution in [3.63, 3.8) is 0 Å². The second kappa shape index (κ2) is 5.34. The Labute approximate surface area is 141 Å². The van der Waals surface area contributed by atoms with E-state index in [4.69, 9.17) is 0 Å². The Morgan fingerprint density at radius 1 is 0.960 bits per heavy atom. The van der Waals surface area contributed by atoms with E-state index < -0.39 is 17.2 Å². The van der Waals surface area contributed by atoms with Crippen molar-refractivity contribution < 1.29 is 13.2 Å². The summed E-state index contributed by atoms with van der Waals surface area (Å²) in [6, 6.07) is 7.04. The van der Waals surface area contributed by atoms with Crippen molar-refractivity contribution >= 4 is 16.7 Å². The third-order valence-electron chi connectivity index (χ3n) is 4.13. The first-order valence-corrected chi connectivity index (χ1v) is 7.72. The predicted molar refractivity (Wildman–Crippen MR) is 87.1 cm³/mol. The van der Waals surface area contributed by atoms with Crippen molar-refractivity contribution in [2.45, 2.75) is 25.8 Å². The monoisotopic (exact) mass is 342 g/mol. The summed E-state index contributed by atoms with van der Waals surface area (Å²) in [6.07, 6.45) is 0.444. The Hall–Kier alpha value is -2.83. The molecule has 0 saturated heterocycles. The Morgan fingerprint density at radius 3 is 2.56 bits per heavy atom. The third kappa shape index (κ3) is 2.56. The molecule has 1 aliphatic heterocycles. The number of hydrogen-bond acceptors (Lipinski definition) is 4. The van der Waals surface area contributed by atoms with Gasteiger partial charge in [-0.15, -0.1) is 10.2 Å². The van der Waals surface area contributed by atoms with Gasteiger partial charge in [0.1, 0.15) is 11.5 Å². The van der Waals surface area contributed by atoms with Crippen LogP contribution in [0.3, 0.4) is 0 Å². The number of aromatic nitrogens is 3. The van der Waals surface area contributed by atoms with Crippen LogP contribution in [0.25, 0.3) is 11.0 Å². The molecule has 7 heteroatoms. The molecule has 126 valence electrons. The first kappa shape index (κ1) is 15.7. The number of halogens is 3. The maximum atomic E-state index is 14.3. The van der Waals surface area contributed by atoms with Crippen molar-refractivity contribution in [3.8, 4) is 0 Å². The zero-order valence-corrected chi connectivity index (χ0v) is 13.5. The molecule has 1 aromatic heterocycles. The molecule has 3 aromatic rings. The Balaban J connectivity index is 1.94. The van der Waals surface area contributed by atoms with Gasteiger partial charge in [-0.05, 0) is 37.6 Å². The molecule has 4 nitrogen and oxygen atoms in total. The van der Waals surface area contributed by atoms with Gasteiger partial charge >= 0.3 is 0 Å². The lowest BCUT2D eigenvalue weighted by Gasteiger charge is -2.28. The molecular formula is C18H13F3N4. The Morgan fingerprint density at radius 2 is 1.76 bits per heavy atom. The van der Waals surface area contributed by atoms with Gasteiger partial charge in [0.2, 0.25) is 5.82 Å². The molecule has 4 rings (SSSR count). The van der Waals surface area contributed by atoms with E-state index in [1.807, 2.05) is 13.8 Å². The standard InChI is InChI=1S/C18H13F3N4/c1-18(2)8-10-9(4-3-5-11(10)19)15(23-18)17-22-13-7-6-12(20)14(21)16(13)24-25-17/h3-7H,8H2,1-2H3. The molecule has 0 saturated carbocycles. The molecule has 0 unspecified atom stereocenters. The van der Waals surface area contributed by atoms with E-state index in [0.717, 1.165) is 6.07 Å². The molecule has 1 aliphatic rings. The average Bonchev–Trinajstić information content (AvgIpc) is 2.58. The highest BCUT2D eigenvalue weighted by molar-refractivity contribution is 6.12. The largest absolute Gasteiger partial charge is 0.274 e.